The molecule has 7 rings (SSSR count). The van der Waals surface area contributed by atoms with Gasteiger partial charge in [0.05, 0.1) is 0 Å². The van der Waals surface area contributed by atoms with Crippen molar-refractivity contribution < 1.29 is 0 Å². The van der Waals surface area contributed by atoms with Crippen LogP contribution in [0.15, 0.2) is 121 Å². The average Bonchev–Trinajstić information content (AvgIpc) is 2.96. The maximum Gasteiger partial charge on any atom is 0.0450 e. The highest BCUT2D eigenvalue weighted by molar-refractivity contribution is 6.19. The Labute approximate surface area is 217 Å². The molecule has 1 aliphatic carbocycles. The van der Waals surface area contributed by atoms with E-state index in [0.717, 1.165) is 18.5 Å². The number of hydrogen-bond acceptors (Lipinski definition) is 1. The van der Waals surface area contributed by atoms with E-state index >= 15 is 0 Å². The van der Waals surface area contributed by atoms with Gasteiger partial charge < -0.3 is 0 Å². The first-order chi connectivity index (χ1) is 18.3. The van der Waals surface area contributed by atoms with E-state index in [1.54, 1.807) is 0 Å². The second-order valence-corrected chi connectivity index (χ2v) is 9.91. The number of nitrogens with zero attached hydrogens (tertiary/aromatic N) is 1. The Balaban J connectivity index is 1.52. The molecule has 0 amide bonds. The smallest absolute Gasteiger partial charge is 0.0450 e. The summed E-state index contributed by atoms with van der Waals surface area (Å²) in [7, 11) is 0. The normalized spacial score (nSPS) is 13.6. The summed E-state index contributed by atoms with van der Waals surface area (Å²) in [6.45, 7) is 2.10. The zero-order chi connectivity index (χ0) is 24.8. The van der Waals surface area contributed by atoms with Gasteiger partial charge in [0.25, 0.3) is 0 Å². The van der Waals surface area contributed by atoms with Gasteiger partial charge in [-0.3, -0.25) is 4.98 Å². The minimum Gasteiger partial charge on any atom is -0.261 e. The SMILES string of the molecule is Cc1ncccc1C1=CCCC(c2c3ccccc3c(-c3ccc4ccccc4c3)c3ccccc23)=C1. The molecular weight excluding hydrogens is 446 g/mol. The number of hydrogen-bond donors (Lipinski definition) is 0. The second kappa shape index (κ2) is 8.87. The molecule has 0 fully saturated rings. The molecule has 6 aromatic rings. The highest BCUT2D eigenvalue weighted by Gasteiger charge is 2.19. The fourth-order valence-electron chi connectivity index (χ4n) is 6.01. The van der Waals surface area contributed by atoms with Crippen molar-refractivity contribution in [2.24, 2.45) is 0 Å². The summed E-state index contributed by atoms with van der Waals surface area (Å²) >= 11 is 0. The molecular formula is C36H27N. The standard InChI is InChI=1S/C36H27N/c1-24-30(18-9-21-37-24)27-12-8-13-28(23-27)35-31-14-4-6-16-33(31)36(34-17-7-5-15-32(34)35)29-20-19-25-10-2-3-11-26(25)22-29/h2-7,9-12,14-23H,8,13H2,1H3. The Morgan fingerprint density at radius 3 is 1.97 bits per heavy atom. The van der Waals surface area contributed by atoms with Crippen LogP contribution in [0, 0.1) is 6.92 Å². The molecule has 1 aliphatic rings. The van der Waals surface area contributed by atoms with Crippen molar-refractivity contribution in [2.45, 2.75) is 19.8 Å². The lowest BCUT2D eigenvalue weighted by Gasteiger charge is -2.22. The summed E-state index contributed by atoms with van der Waals surface area (Å²) in [5.74, 6) is 0. The van der Waals surface area contributed by atoms with Crippen LogP contribution in [-0.4, -0.2) is 4.98 Å². The molecule has 1 heterocycles. The number of benzene rings is 5. The van der Waals surface area contributed by atoms with E-state index < -0.39 is 0 Å². The van der Waals surface area contributed by atoms with Gasteiger partial charge in [0, 0.05) is 17.5 Å². The minimum absolute atomic E-state index is 1.03. The summed E-state index contributed by atoms with van der Waals surface area (Å²) in [6.07, 6.45) is 8.70. The zero-order valence-electron chi connectivity index (χ0n) is 20.9. The third-order valence-corrected chi connectivity index (χ3v) is 7.72. The molecule has 1 heteroatoms. The van der Waals surface area contributed by atoms with Gasteiger partial charge in [0.15, 0.2) is 0 Å². The number of pyridine rings is 1. The van der Waals surface area contributed by atoms with E-state index in [2.05, 4.69) is 121 Å². The first-order valence-corrected chi connectivity index (χ1v) is 13.0. The summed E-state index contributed by atoms with van der Waals surface area (Å²) in [4.78, 5) is 4.55. The summed E-state index contributed by atoms with van der Waals surface area (Å²) in [5, 5.41) is 7.80. The number of aromatic nitrogens is 1. The topological polar surface area (TPSA) is 12.9 Å². The lowest BCUT2D eigenvalue weighted by Crippen LogP contribution is -1.98. The second-order valence-electron chi connectivity index (χ2n) is 9.91. The van der Waals surface area contributed by atoms with Gasteiger partial charge in [-0.15, -0.1) is 0 Å². The molecule has 0 N–H and O–H groups in total. The van der Waals surface area contributed by atoms with Crippen LogP contribution in [-0.2, 0) is 0 Å². The van der Waals surface area contributed by atoms with Crippen molar-refractivity contribution in [2.75, 3.05) is 0 Å². The van der Waals surface area contributed by atoms with Crippen molar-refractivity contribution in [3.8, 4) is 11.1 Å². The minimum atomic E-state index is 1.03. The van der Waals surface area contributed by atoms with E-state index in [1.165, 1.54) is 65.7 Å². The third-order valence-electron chi connectivity index (χ3n) is 7.72. The van der Waals surface area contributed by atoms with E-state index in [-0.39, 0.29) is 0 Å². The predicted molar refractivity (Wildman–Crippen MR) is 159 cm³/mol. The zero-order valence-corrected chi connectivity index (χ0v) is 20.9. The van der Waals surface area contributed by atoms with Crippen LogP contribution in [0.4, 0.5) is 0 Å². The highest BCUT2D eigenvalue weighted by atomic mass is 14.7. The summed E-state index contributed by atoms with van der Waals surface area (Å²) < 4.78 is 0. The van der Waals surface area contributed by atoms with Gasteiger partial charge >= 0.3 is 0 Å². The molecule has 176 valence electrons. The van der Waals surface area contributed by atoms with Gasteiger partial charge in [-0.2, -0.15) is 0 Å². The van der Waals surface area contributed by atoms with Crippen LogP contribution in [0.2, 0.25) is 0 Å². The van der Waals surface area contributed by atoms with Gasteiger partial charge in [-0.05, 0) is 92.1 Å². The predicted octanol–water partition coefficient (Wildman–Crippen LogP) is 9.78. The van der Waals surface area contributed by atoms with Crippen molar-refractivity contribution >= 4 is 43.5 Å². The fraction of sp³-hybridized carbons (Fsp3) is 0.0833. The molecule has 0 atom stereocenters. The van der Waals surface area contributed by atoms with Crippen molar-refractivity contribution in [1.82, 2.24) is 4.98 Å². The molecule has 37 heavy (non-hydrogen) atoms. The lowest BCUT2D eigenvalue weighted by atomic mass is 9.82. The average molecular weight is 474 g/mol. The Hall–Kier alpha value is -4.49. The molecule has 5 aromatic carbocycles. The van der Waals surface area contributed by atoms with Crippen molar-refractivity contribution in [3.63, 3.8) is 0 Å². The van der Waals surface area contributed by atoms with Crippen LogP contribution in [0.25, 0.3) is 54.6 Å². The molecule has 0 unspecified atom stereocenters. The Kier molecular flexibility index (Phi) is 5.22. The first kappa shape index (κ1) is 21.8. The number of rotatable bonds is 3. The molecule has 0 spiro atoms. The van der Waals surface area contributed by atoms with Gasteiger partial charge in [0.1, 0.15) is 0 Å². The van der Waals surface area contributed by atoms with E-state index in [4.69, 9.17) is 0 Å². The molecule has 0 saturated carbocycles. The van der Waals surface area contributed by atoms with Gasteiger partial charge in [-0.1, -0.05) is 103 Å². The van der Waals surface area contributed by atoms with Crippen molar-refractivity contribution in [1.29, 1.82) is 0 Å². The van der Waals surface area contributed by atoms with Crippen LogP contribution in [0.1, 0.15) is 29.7 Å². The molecule has 1 aromatic heterocycles. The van der Waals surface area contributed by atoms with Gasteiger partial charge in [0.2, 0.25) is 0 Å². The Bertz CT molecular complexity index is 1830. The van der Waals surface area contributed by atoms with E-state index in [1.807, 2.05) is 12.3 Å². The third kappa shape index (κ3) is 3.67. The maximum atomic E-state index is 4.55. The number of aryl methyl sites for hydroxylation is 1. The lowest BCUT2D eigenvalue weighted by molar-refractivity contribution is 1.06. The summed E-state index contributed by atoms with van der Waals surface area (Å²) in [5.41, 5.74) is 8.92. The van der Waals surface area contributed by atoms with Crippen LogP contribution in [0.3, 0.4) is 0 Å². The monoisotopic (exact) mass is 473 g/mol. The summed E-state index contributed by atoms with van der Waals surface area (Å²) in [6, 6.07) is 37.6. The Morgan fingerprint density at radius 1 is 0.622 bits per heavy atom. The maximum absolute atomic E-state index is 4.55. The van der Waals surface area contributed by atoms with Crippen LogP contribution < -0.4 is 0 Å². The van der Waals surface area contributed by atoms with Gasteiger partial charge in [-0.25, -0.2) is 0 Å². The van der Waals surface area contributed by atoms with E-state index in [9.17, 15) is 0 Å². The number of fused-ring (bicyclic) bond motifs is 3. The largest absolute Gasteiger partial charge is 0.261 e. The first-order valence-electron chi connectivity index (χ1n) is 13.0. The van der Waals surface area contributed by atoms with Crippen LogP contribution in [0.5, 0.6) is 0 Å². The molecule has 0 bridgehead atoms. The van der Waals surface area contributed by atoms with Crippen LogP contribution >= 0.6 is 0 Å². The molecule has 0 radical (unpaired) electrons. The fourth-order valence-corrected chi connectivity index (χ4v) is 6.01. The molecule has 0 saturated heterocycles. The number of allylic oxidation sites excluding steroid dienone is 4. The van der Waals surface area contributed by atoms with E-state index in [0.29, 0.717) is 0 Å². The Morgan fingerprint density at radius 2 is 1.27 bits per heavy atom. The molecule has 1 nitrogen and oxygen atoms in total. The van der Waals surface area contributed by atoms with Crippen molar-refractivity contribution in [3.05, 3.63) is 138 Å². The quantitative estimate of drug-likeness (QED) is 0.233. The molecule has 0 aliphatic heterocycles. The highest BCUT2D eigenvalue weighted by Crippen LogP contribution is 2.44.